The van der Waals surface area contributed by atoms with Crippen LogP contribution in [0, 0.1) is 0 Å². The summed E-state index contributed by atoms with van der Waals surface area (Å²) in [5.41, 5.74) is 3.93. The molecule has 3 N–H and O–H groups in total. The fourth-order valence-electron chi connectivity index (χ4n) is 2.16. The molecule has 0 bridgehead atoms. The predicted molar refractivity (Wildman–Crippen MR) is 85.4 cm³/mol. The highest BCUT2D eigenvalue weighted by Crippen LogP contribution is 2.27. The van der Waals surface area contributed by atoms with Crippen molar-refractivity contribution in [2.24, 2.45) is 5.84 Å². The van der Waals surface area contributed by atoms with Gasteiger partial charge < -0.3 is 4.57 Å². The highest BCUT2D eigenvalue weighted by atomic mass is 79.9. The van der Waals surface area contributed by atoms with Gasteiger partial charge in [-0.3, -0.25) is 11.3 Å². The fraction of sp³-hybridized carbons (Fsp3) is 0.357. The first-order chi connectivity index (χ1) is 9.65. The molecule has 0 spiro atoms. The van der Waals surface area contributed by atoms with Gasteiger partial charge in [0.15, 0.2) is 0 Å². The molecule has 108 valence electrons. The molecule has 1 aromatic heterocycles. The van der Waals surface area contributed by atoms with E-state index in [1.54, 1.807) is 0 Å². The normalized spacial score (nSPS) is 12.6. The summed E-state index contributed by atoms with van der Waals surface area (Å²) >= 11 is 9.46. The van der Waals surface area contributed by atoms with Gasteiger partial charge >= 0.3 is 0 Å². The third-order valence-electron chi connectivity index (χ3n) is 3.20. The molecule has 0 fully saturated rings. The number of imidazole rings is 1. The van der Waals surface area contributed by atoms with Crippen molar-refractivity contribution < 1.29 is 0 Å². The van der Waals surface area contributed by atoms with Crippen molar-refractivity contribution in [1.82, 2.24) is 15.0 Å². The summed E-state index contributed by atoms with van der Waals surface area (Å²) in [6, 6.07) is 5.83. The number of nitrogens with one attached hydrogen (secondary N) is 1. The van der Waals surface area contributed by atoms with Crippen LogP contribution in [0.3, 0.4) is 0 Å². The topological polar surface area (TPSA) is 55.9 Å². The second-order valence-electron chi connectivity index (χ2n) is 4.63. The summed E-state index contributed by atoms with van der Waals surface area (Å²) in [5, 5.41) is 0.692. The van der Waals surface area contributed by atoms with Gasteiger partial charge in [-0.2, -0.15) is 0 Å². The third-order valence-corrected chi connectivity index (χ3v) is 4.41. The SMILES string of the molecule is CCCn1ccnc1CC(NN)c1ccc(Cl)c(Br)c1. The average Bonchev–Trinajstić information content (AvgIpc) is 2.87. The summed E-state index contributed by atoms with van der Waals surface area (Å²) < 4.78 is 3.03. The van der Waals surface area contributed by atoms with Crippen LogP contribution < -0.4 is 11.3 Å². The van der Waals surface area contributed by atoms with Gasteiger partial charge in [0.05, 0.1) is 11.1 Å². The molecule has 0 aliphatic rings. The summed E-state index contributed by atoms with van der Waals surface area (Å²) in [6.07, 6.45) is 5.65. The van der Waals surface area contributed by atoms with Crippen LogP contribution in [0.4, 0.5) is 0 Å². The average molecular weight is 358 g/mol. The van der Waals surface area contributed by atoms with Crippen LogP contribution in [0.1, 0.15) is 30.8 Å². The van der Waals surface area contributed by atoms with E-state index >= 15 is 0 Å². The van der Waals surface area contributed by atoms with Crippen molar-refractivity contribution in [3.8, 4) is 0 Å². The van der Waals surface area contributed by atoms with Crippen LogP contribution in [0.5, 0.6) is 0 Å². The van der Waals surface area contributed by atoms with E-state index in [-0.39, 0.29) is 6.04 Å². The summed E-state index contributed by atoms with van der Waals surface area (Å²) in [7, 11) is 0. The summed E-state index contributed by atoms with van der Waals surface area (Å²) in [4.78, 5) is 4.42. The predicted octanol–water partition coefficient (Wildman–Crippen LogP) is 3.46. The van der Waals surface area contributed by atoms with Crippen molar-refractivity contribution in [2.45, 2.75) is 32.4 Å². The molecule has 6 heteroatoms. The van der Waals surface area contributed by atoms with E-state index < -0.39 is 0 Å². The van der Waals surface area contributed by atoms with Crippen molar-refractivity contribution >= 4 is 27.5 Å². The zero-order valence-electron chi connectivity index (χ0n) is 11.3. The Bertz CT molecular complexity index is 570. The van der Waals surface area contributed by atoms with Gasteiger partial charge in [0.1, 0.15) is 5.82 Å². The zero-order valence-corrected chi connectivity index (χ0v) is 13.7. The van der Waals surface area contributed by atoms with E-state index in [9.17, 15) is 0 Å². The van der Waals surface area contributed by atoms with Crippen molar-refractivity contribution in [2.75, 3.05) is 0 Å². The maximum absolute atomic E-state index is 6.02. The maximum Gasteiger partial charge on any atom is 0.110 e. The fourth-order valence-corrected chi connectivity index (χ4v) is 2.67. The number of benzene rings is 1. The lowest BCUT2D eigenvalue weighted by Crippen LogP contribution is -2.30. The molecular formula is C14H18BrClN4. The van der Waals surface area contributed by atoms with Crippen molar-refractivity contribution in [1.29, 1.82) is 0 Å². The lowest BCUT2D eigenvalue weighted by Gasteiger charge is -2.17. The van der Waals surface area contributed by atoms with E-state index in [4.69, 9.17) is 17.4 Å². The molecule has 0 aliphatic carbocycles. The smallest absolute Gasteiger partial charge is 0.110 e. The number of aromatic nitrogens is 2. The van der Waals surface area contributed by atoms with Crippen LogP contribution in [0.25, 0.3) is 0 Å². The number of nitrogens with zero attached hydrogens (tertiary/aromatic N) is 2. The number of hydrogen-bond acceptors (Lipinski definition) is 3. The first-order valence-corrected chi connectivity index (χ1v) is 7.74. The number of halogens is 2. The molecule has 0 radical (unpaired) electrons. The Morgan fingerprint density at radius 1 is 1.50 bits per heavy atom. The van der Waals surface area contributed by atoms with E-state index in [1.807, 2.05) is 30.6 Å². The van der Waals surface area contributed by atoms with Crippen LogP contribution in [0.2, 0.25) is 5.02 Å². The molecule has 20 heavy (non-hydrogen) atoms. The standard InChI is InChI=1S/C14H18BrClN4/c1-2-6-20-7-5-18-14(20)9-13(19-17)10-3-4-12(16)11(15)8-10/h3-5,7-8,13,19H,2,6,9,17H2,1H3. The molecule has 2 aromatic rings. The molecule has 4 nitrogen and oxygen atoms in total. The number of rotatable bonds is 6. The minimum atomic E-state index is 0.00146. The van der Waals surface area contributed by atoms with Gasteiger partial charge in [-0.05, 0) is 40.0 Å². The van der Waals surface area contributed by atoms with Gasteiger partial charge in [0.25, 0.3) is 0 Å². The highest BCUT2D eigenvalue weighted by molar-refractivity contribution is 9.10. The molecule has 0 saturated heterocycles. The molecule has 1 atom stereocenters. The minimum Gasteiger partial charge on any atom is -0.335 e. The van der Waals surface area contributed by atoms with E-state index in [0.717, 1.165) is 35.2 Å². The monoisotopic (exact) mass is 356 g/mol. The Balaban J connectivity index is 2.19. The quantitative estimate of drug-likeness (QED) is 0.615. The molecule has 1 unspecified atom stereocenters. The molecule has 1 aromatic carbocycles. The lowest BCUT2D eigenvalue weighted by molar-refractivity contribution is 0.517. The van der Waals surface area contributed by atoms with Gasteiger partial charge in [-0.25, -0.2) is 4.98 Å². The molecule has 2 rings (SSSR count). The second-order valence-corrected chi connectivity index (χ2v) is 5.90. The van der Waals surface area contributed by atoms with E-state index in [0.29, 0.717) is 5.02 Å². The van der Waals surface area contributed by atoms with Gasteiger partial charge in [0.2, 0.25) is 0 Å². The lowest BCUT2D eigenvalue weighted by atomic mass is 10.0. The minimum absolute atomic E-state index is 0.00146. The number of aryl methyl sites for hydroxylation is 1. The Labute approximate surface area is 132 Å². The first kappa shape index (κ1) is 15.5. The van der Waals surface area contributed by atoms with Crippen molar-refractivity contribution in [3.05, 3.63) is 51.5 Å². The zero-order chi connectivity index (χ0) is 14.5. The molecule has 0 saturated carbocycles. The second kappa shape index (κ2) is 7.22. The number of nitrogens with two attached hydrogens (primary N) is 1. The summed E-state index contributed by atoms with van der Waals surface area (Å²) in [6.45, 7) is 3.12. The van der Waals surface area contributed by atoms with Gasteiger partial charge in [-0.15, -0.1) is 0 Å². The third kappa shape index (κ3) is 3.61. The van der Waals surface area contributed by atoms with E-state index in [2.05, 4.69) is 37.8 Å². The first-order valence-electron chi connectivity index (χ1n) is 6.56. The molecule has 1 heterocycles. The Morgan fingerprint density at radius 2 is 2.30 bits per heavy atom. The molecule has 0 aliphatic heterocycles. The highest BCUT2D eigenvalue weighted by Gasteiger charge is 2.15. The largest absolute Gasteiger partial charge is 0.335 e. The van der Waals surface area contributed by atoms with Crippen molar-refractivity contribution in [3.63, 3.8) is 0 Å². The molecule has 0 amide bonds. The Hall–Kier alpha value is -0.880. The van der Waals surface area contributed by atoms with Gasteiger partial charge in [0, 0.05) is 29.8 Å². The van der Waals surface area contributed by atoms with Crippen LogP contribution in [0.15, 0.2) is 35.1 Å². The van der Waals surface area contributed by atoms with Gasteiger partial charge in [-0.1, -0.05) is 24.6 Å². The molecular weight excluding hydrogens is 340 g/mol. The number of hydrazine groups is 1. The maximum atomic E-state index is 6.02. The van der Waals surface area contributed by atoms with Crippen LogP contribution in [-0.2, 0) is 13.0 Å². The Morgan fingerprint density at radius 3 is 2.95 bits per heavy atom. The number of hydrogen-bond donors (Lipinski definition) is 2. The Kier molecular flexibility index (Phi) is 5.60. The summed E-state index contributed by atoms with van der Waals surface area (Å²) in [5.74, 6) is 6.73. The van der Waals surface area contributed by atoms with Crippen LogP contribution in [-0.4, -0.2) is 9.55 Å². The van der Waals surface area contributed by atoms with E-state index in [1.165, 1.54) is 0 Å². The van der Waals surface area contributed by atoms with Crippen LogP contribution >= 0.6 is 27.5 Å².